The van der Waals surface area contributed by atoms with E-state index in [1.165, 1.54) is 0 Å². The quantitative estimate of drug-likeness (QED) is 0.665. The van der Waals surface area contributed by atoms with Crippen molar-refractivity contribution in [1.82, 2.24) is 0 Å². The van der Waals surface area contributed by atoms with Gasteiger partial charge >= 0.3 is 0 Å². The molecule has 0 saturated carbocycles. The largest absolute Gasteiger partial charge is 0.0780 e. The molecule has 0 nitrogen and oxygen atoms in total. The fraction of sp³-hybridized carbons (Fsp3) is 0.833. The average molecular weight is 243 g/mol. The van der Waals surface area contributed by atoms with E-state index in [4.69, 9.17) is 0 Å². The Hall–Kier alpha value is 0.960. The second-order valence-electron chi connectivity index (χ2n) is 1.97. The van der Waals surface area contributed by atoms with E-state index in [1.54, 1.807) is 0 Å². The molecule has 0 aromatic carbocycles. The van der Waals surface area contributed by atoms with Crippen LogP contribution in [0.4, 0.5) is 0 Å². The van der Waals surface area contributed by atoms with Crippen molar-refractivity contribution in [1.29, 1.82) is 0 Å². The molecule has 0 bridgehead atoms. The lowest BCUT2D eigenvalue weighted by molar-refractivity contribution is 0.847. The molecule has 0 unspecified atom stereocenters. The first-order valence-electron chi connectivity index (χ1n) is 2.76. The summed E-state index contributed by atoms with van der Waals surface area (Å²) in [5, 5.41) is 0. The molecule has 0 amide bonds. The molecule has 8 heavy (non-hydrogen) atoms. The fourth-order valence-electron chi connectivity index (χ4n) is 0.398. The minimum Gasteiger partial charge on any atom is -0.0730 e. The summed E-state index contributed by atoms with van der Waals surface area (Å²) >= 11 is 6.93. The predicted molar refractivity (Wildman–Crippen MR) is 45.5 cm³/mol. The fourth-order valence-corrected chi connectivity index (χ4v) is 0.856. The lowest BCUT2D eigenvalue weighted by Crippen LogP contribution is -2.02. The standard InChI is InChI=1S/C6H11Br2/c1-3-4-5-6(2,7)8/h4H,3,5H2,1-2H3. The summed E-state index contributed by atoms with van der Waals surface area (Å²) in [7, 11) is 0. The van der Waals surface area contributed by atoms with Gasteiger partial charge in [-0.25, -0.2) is 0 Å². The first-order valence-corrected chi connectivity index (χ1v) is 4.34. The zero-order valence-electron chi connectivity index (χ0n) is 5.25. The van der Waals surface area contributed by atoms with Crippen molar-refractivity contribution >= 4 is 31.9 Å². The van der Waals surface area contributed by atoms with Gasteiger partial charge in [0, 0.05) is 0 Å². The molecule has 0 spiro atoms. The normalized spacial score (nSPS) is 12.0. The van der Waals surface area contributed by atoms with E-state index in [9.17, 15) is 0 Å². The molecule has 0 aliphatic heterocycles. The maximum atomic E-state index is 3.46. The SMILES string of the molecule is CC[CH]CC(C)(Br)Br. The van der Waals surface area contributed by atoms with Gasteiger partial charge in [-0.1, -0.05) is 45.2 Å². The lowest BCUT2D eigenvalue weighted by atomic mass is 10.2. The number of hydrogen-bond acceptors (Lipinski definition) is 0. The number of unbranched alkanes of at least 4 members (excludes halogenated alkanes) is 1. The van der Waals surface area contributed by atoms with Gasteiger partial charge in [0.05, 0.1) is 3.23 Å². The molecule has 0 N–H and O–H groups in total. The molecule has 0 atom stereocenters. The van der Waals surface area contributed by atoms with E-state index >= 15 is 0 Å². The number of hydrogen-bond donors (Lipinski definition) is 0. The van der Waals surface area contributed by atoms with Gasteiger partial charge in [0.1, 0.15) is 0 Å². The van der Waals surface area contributed by atoms with E-state index in [-0.39, 0.29) is 3.23 Å². The van der Waals surface area contributed by atoms with E-state index in [0.29, 0.717) is 0 Å². The van der Waals surface area contributed by atoms with Gasteiger partial charge in [-0.2, -0.15) is 0 Å². The predicted octanol–water partition coefficient (Wildman–Crippen LogP) is 3.50. The van der Waals surface area contributed by atoms with Crippen LogP contribution in [0.1, 0.15) is 26.7 Å². The molecular formula is C6H11Br2. The van der Waals surface area contributed by atoms with E-state index < -0.39 is 0 Å². The molecule has 0 heterocycles. The maximum Gasteiger partial charge on any atom is 0.0780 e. The Bertz CT molecular complexity index is 54.0. The first-order chi connectivity index (χ1) is 3.56. The second kappa shape index (κ2) is 3.89. The monoisotopic (exact) mass is 241 g/mol. The van der Waals surface area contributed by atoms with Crippen LogP contribution in [0.15, 0.2) is 0 Å². The van der Waals surface area contributed by atoms with E-state index in [0.717, 1.165) is 12.8 Å². The Kier molecular flexibility index (Phi) is 4.35. The summed E-state index contributed by atoms with van der Waals surface area (Å²) in [4.78, 5) is 0. The van der Waals surface area contributed by atoms with Crippen LogP contribution in [-0.4, -0.2) is 3.23 Å². The van der Waals surface area contributed by atoms with Crippen LogP contribution < -0.4 is 0 Å². The van der Waals surface area contributed by atoms with Crippen molar-refractivity contribution in [3.63, 3.8) is 0 Å². The van der Waals surface area contributed by atoms with Crippen LogP contribution in [0, 0.1) is 6.42 Å². The van der Waals surface area contributed by atoms with Gasteiger partial charge in [-0.15, -0.1) is 0 Å². The topological polar surface area (TPSA) is 0 Å². The van der Waals surface area contributed by atoms with Crippen molar-refractivity contribution in [2.24, 2.45) is 0 Å². The molecule has 0 aromatic heterocycles. The summed E-state index contributed by atoms with van der Waals surface area (Å²) in [6.45, 7) is 4.24. The second-order valence-corrected chi connectivity index (χ2v) is 6.54. The Morgan fingerprint density at radius 2 is 2.00 bits per heavy atom. The summed E-state index contributed by atoms with van der Waals surface area (Å²) in [6.07, 6.45) is 4.46. The molecule has 0 aromatic rings. The summed E-state index contributed by atoms with van der Waals surface area (Å²) in [6, 6.07) is 0. The summed E-state index contributed by atoms with van der Waals surface area (Å²) < 4.78 is 0.121. The van der Waals surface area contributed by atoms with Gasteiger partial charge in [-0.3, -0.25) is 0 Å². The first kappa shape index (κ1) is 8.96. The third-order valence-corrected chi connectivity index (χ3v) is 1.44. The molecule has 0 saturated heterocycles. The van der Waals surface area contributed by atoms with Gasteiger partial charge in [0.25, 0.3) is 0 Å². The molecule has 1 radical (unpaired) electrons. The third kappa shape index (κ3) is 6.96. The Morgan fingerprint density at radius 3 is 2.12 bits per heavy atom. The highest BCUT2D eigenvalue weighted by Crippen LogP contribution is 2.30. The average Bonchev–Trinajstić information content (AvgIpc) is 1.59. The van der Waals surface area contributed by atoms with Gasteiger partial charge in [-0.05, 0) is 19.8 Å². The van der Waals surface area contributed by atoms with Crippen LogP contribution in [0.25, 0.3) is 0 Å². The number of halogens is 2. The van der Waals surface area contributed by atoms with Crippen molar-refractivity contribution in [3.8, 4) is 0 Å². The van der Waals surface area contributed by atoms with Gasteiger partial charge in [0.2, 0.25) is 0 Å². The minimum atomic E-state index is 0.121. The van der Waals surface area contributed by atoms with Crippen LogP contribution in [0.5, 0.6) is 0 Å². The van der Waals surface area contributed by atoms with E-state index in [1.807, 2.05) is 0 Å². The van der Waals surface area contributed by atoms with E-state index in [2.05, 4.69) is 52.1 Å². The highest BCUT2D eigenvalue weighted by Gasteiger charge is 2.12. The molecular weight excluding hydrogens is 232 g/mol. The van der Waals surface area contributed by atoms with Crippen molar-refractivity contribution < 1.29 is 0 Å². The highest BCUT2D eigenvalue weighted by atomic mass is 79.9. The molecule has 0 rings (SSSR count). The number of alkyl halides is 2. The summed E-state index contributed by atoms with van der Waals surface area (Å²) in [5.41, 5.74) is 0. The van der Waals surface area contributed by atoms with Crippen LogP contribution >= 0.6 is 31.9 Å². The zero-order valence-corrected chi connectivity index (χ0v) is 8.42. The molecule has 0 aliphatic carbocycles. The van der Waals surface area contributed by atoms with Crippen LogP contribution in [0.3, 0.4) is 0 Å². The van der Waals surface area contributed by atoms with Crippen LogP contribution in [0.2, 0.25) is 0 Å². The Morgan fingerprint density at radius 1 is 1.50 bits per heavy atom. The minimum absolute atomic E-state index is 0.121. The van der Waals surface area contributed by atoms with Gasteiger partial charge in [0.15, 0.2) is 0 Å². The Balaban J connectivity index is 3.11. The summed E-state index contributed by atoms with van der Waals surface area (Å²) in [5.74, 6) is 0. The highest BCUT2D eigenvalue weighted by molar-refractivity contribution is 9.25. The molecule has 49 valence electrons. The Labute approximate surface area is 68.3 Å². The van der Waals surface area contributed by atoms with Gasteiger partial charge < -0.3 is 0 Å². The zero-order chi connectivity index (χ0) is 6.62. The lowest BCUT2D eigenvalue weighted by Gasteiger charge is -2.11. The molecule has 2 heteroatoms. The smallest absolute Gasteiger partial charge is 0.0730 e. The molecule has 0 aliphatic rings. The van der Waals surface area contributed by atoms with Crippen molar-refractivity contribution in [2.75, 3.05) is 0 Å². The van der Waals surface area contributed by atoms with Crippen molar-refractivity contribution in [3.05, 3.63) is 6.42 Å². The third-order valence-electron chi connectivity index (χ3n) is 0.791. The maximum absolute atomic E-state index is 3.46. The number of rotatable bonds is 3. The van der Waals surface area contributed by atoms with Crippen molar-refractivity contribution in [2.45, 2.75) is 29.9 Å². The molecule has 0 fully saturated rings. The van der Waals surface area contributed by atoms with Crippen LogP contribution in [-0.2, 0) is 0 Å².